The Kier molecular flexibility index (Phi) is 6.55. The van der Waals surface area contributed by atoms with E-state index >= 15 is 0 Å². The molecule has 0 saturated carbocycles. The van der Waals surface area contributed by atoms with Gasteiger partial charge < -0.3 is 9.94 Å². The lowest BCUT2D eigenvalue weighted by Gasteiger charge is -2.27. The van der Waals surface area contributed by atoms with Gasteiger partial charge in [0.05, 0.1) is 11.3 Å². The van der Waals surface area contributed by atoms with Crippen molar-refractivity contribution in [2.75, 3.05) is 18.1 Å². The summed E-state index contributed by atoms with van der Waals surface area (Å²) < 4.78 is 0. The first-order valence-electron chi connectivity index (χ1n) is 8.08. The van der Waals surface area contributed by atoms with Gasteiger partial charge in [-0.25, -0.2) is 0 Å². The van der Waals surface area contributed by atoms with Crippen LogP contribution in [0.3, 0.4) is 0 Å². The average Bonchev–Trinajstić information content (AvgIpc) is 2.52. The fraction of sp³-hybridized carbons (Fsp3) is 0.647. The highest BCUT2D eigenvalue weighted by Crippen LogP contribution is 2.35. The van der Waals surface area contributed by atoms with Crippen LogP contribution in [0.5, 0.6) is 0 Å². The summed E-state index contributed by atoms with van der Waals surface area (Å²) in [5, 5.41) is 14.5. The Morgan fingerprint density at radius 2 is 2.27 bits per heavy atom. The van der Waals surface area contributed by atoms with Crippen molar-refractivity contribution in [3.05, 3.63) is 23.0 Å². The Morgan fingerprint density at radius 3 is 2.86 bits per heavy atom. The Bertz CT molecular complexity index is 508. The van der Waals surface area contributed by atoms with Gasteiger partial charge in [0.25, 0.3) is 0 Å². The Balaban J connectivity index is 2.21. The molecule has 1 atom stereocenters. The number of Topliss-reactive ketones (excluding diaryl/α,β-unsaturated/α-hetero) is 1. The molecule has 1 aliphatic carbocycles. The van der Waals surface area contributed by atoms with E-state index in [1.165, 1.54) is 5.57 Å². The molecule has 1 N–H and O–H groups in total. The summed E-state index contributed by atoms with van der Waals surface area (Å²) in [7, 11) is 0. The Hall–Kier alpha value is -1.23. The molecule has 0 radical (unpaired) electrons. The van der Waals surface area contributed by atoms with Crippen LogP contribution < -0.4 is 0 Å². The van der Waals surface area contributed by atoms with Gasteiger partial charge in [-0.15, -0.1) is 0 Å². The molecule has 0 aromatic rings. The second-order valence-electron chi connectivity index (χ2n) is 5.68. The molecule has 1 heterocycles. The summed E-state index contributed by atoms with van der Waals surface area (Å²) >= 11 is 1.90. The molecule has 1 unspecified atom stereocenters. The number of carbonyl (C=O) groups is 1. The molecule has 0 saturated heterocycles. The monoisotopic (exact) mass is 323 g/mol. The molecule has 0 amide bonds. The van der Waals surface area contributed by atoms with Crippen LogP contribution in [0.15, 0.2) is 28.1 Å². The third-order valence-electron chi connectivity index (χ3n) is 3.98. The van der Waals surface area contributed by atoms with E-state index < -0.39 is 0 Å². The molecule has 122 valence electrons. The van der Waals surface area contributed by atoms with Crippen LogP contribution in [-0.4, -0.2) is 34.7 Å². The molecular formula is C17H25NO3S. The summed E-state index contributed by atoms with van der Waals surface area (Å²) in [6, 6.07) is 0. The predicted molar refractivity (Wildman–Crippen MR) is 91.4 cm³/mol. The molecule has 0 aromatic carbocycles. The zero-order valence-corrected chi connectivity index (χ0v) is 14.2. The van der Waals surface area contributed by atoms with Crippen molar-refractivity contribution >= 4 is 23.3 Å². The smallest absolute Gasteiger partial charge is 0.168 e. The minimum absolute atomic E-state index is 0.00266. The van der Waals surface area contributed by atoms with Gasteiger partial charge >= 0.3 is 0 Å². The number of carbonyl (C=O) groups excluding carboxylic acids is 1. The summed E-state index contributed by atoms with van der Waals surface area (Å²) in [6.07, 6.45) is 5.83. The summed E-state index contributed by atoms with van der Waals surface area (Å²) in [5.74, 6) is 2.47. The molecule has 0 fully saturated rings. The largest absolute Gasteiger partial charge is 0.511 e. The average molecular weight is 323 g/mol. The molecule has 2 aliphatic rings. The summed E-state index contributed by atoms with van der Waals surface area (Å²) in [6.45, 7) is 4.34. The first kappa shape index (κ1) is 17.1. The van der Waals surface area contributed by atoms with Gasteiger partial charge in [-0.2, -0.15) is 11.8 Å². The van der Waals surface area contributed by atoms with E-state index in [0.717, 1.165) is 24.3 Å². The zero-order valence-electron chi connectivity index (χ0n) is 13.4. The number of hydrogen-bond donors (Lipinski definition) is 1. The van der Waals surface area contributed by atoms with Crippen LogP contribution in [-0.2, 0) is 9.63 Å². The molecule has 2 rings (SSSR count). The molecule has 4 nitrogen and oxygen atoms in total. The van der Waals surface area contributed by atoms with Crippen LogP contribution in [0, 0.1) is 5.92 Å². The highest BCUT2D eigenvalue weighted by atomic mass is 32.2. The van der Waals surface area contributed by atoms with E-state index in [-0.39, 0.29) is 17.5 Å². The number of thioether (sulfide) groups is 1. The topological polar surface area (TPSA) is 58.9 Å². The van der Waals surface area contributed by atoms with E-state index in [9.17, 15) is 9.90 Å². The van der Waals surface area contributed by atoms with Crippen molar-refractivity contribution in [1.82, 2.24) is 0 Å². The van der Waals surface area contributed by atoms with Gasteiger partial charge in [-0.3, -0.25) is 4.79 Å². The molecule has 22 heavy (non-hydrogen) atoms. The maximum Gasteiger partial charge on any atom is 0.168 e. The molecule has 1 aliphatic heterocycles. The molecule has 0 aromatic heterocycles. The fourth-order valence-corrected chi connectivity index (χ4v) is 3.96. The molecular weight excluding hydrogens is 298 g/mol. The van der Waals surface area contributed by atoms with Crippen molar-refractivity contribution < 1.29 is 14.7 Å². The minimum atomic E-state index is -0.00266. The second kappa shape index (κ2) is 8.42. The van der Waals surface area contributed by atoms with Gasteiger partial charge in [0, 0.05) is 18.6 Å². The quantitative estimate of drug-likeness (QED) is 0.455. The van der Waals surface area contributed by atoms with E-state index in [4.69, 9.17) is 4.84 Å². The minimum Gasteiger partial charge on any atom is -0.511 e. The fourth-order valence-electron chi connectivity index (χ4n) is 2.94. The number of rotatable bonds is 6. The molecule has 0 bridgehead atoms. The number of aliphatic hydroxyl groups excluding tert-OH is 1. The maximum atomic E-state index is 12.5. The maximum absolute atomic E-state index is 12.5. The normalized spacial score (nSPS) is 23.5. The SMILES string of the molecule is CCC/C(=N/OCC)C1=C(O)CC(C2=CCCSC2)CC1=O. The standard InChI is InChI=1S/C17H25NO3S/c1-3-6-14(18-21-4-2)17-15(19)9-13(10-16(17)20)12-7-5-8-22-11-12/h7,13,19H,3-6,8-11H2,1-2H3/b18-14-. The van der Waals surface area contributed by atoms with E-state index in [2.05, 4.69) is 11.2 Å². The Morgan fingerprint density at radius 1 is 1.45 bits per heavy atom. The van der Waals surface area contributed by atoms with E-state index in [1.807, 2.05) is 25.6 Å². The first-order valence-corrected chi connectivity index (χ1v) is 9.24. The van der Waals surface area contributed by atoms with Gasteiger partial charge in [-0.05, 0) is 31.4 Å². The van der Waals surface area contributed by atoms with Crippen molar-refractivity contribution in [2.45, 2.75) is 46.0 Å². The number of ketones is 1. The lowest BCUT2D eigenvalue weighted by Crippen LogP contribution is -2.26. The second-order valence-corrected chi connectivity index (χ2v) is 6.78. The van der Waals surface area contributed by atoms with E-state index in [1.54, 1.807) is 0 Å². The third kappa shape index (κ3) is 4.15. The highest BCUT2D eigenvalue weighted by Gasteiger charge is 2.32. The molecule has 5 heteroatoms. The Labute approximate surface area is 136 Å². The predicted octanol–water partition coefficient (Wildman–Crippen LogP) is 4.03. The number of allylic oxidation sites excluding steroid dienone is 3. The number of oxime groups is 1. The third-order valence-corrected chi connectivity index (χ3v) is 5.04. The van der Waals surface area contributed by atoms with Crippen LogP contribution in [0.2, 0.25) is 0 Å². The van der Waals surface area contributed by atoms with Crippen LogP contribution >= 0.6 is 11.8 Å². The first-order chi connectivity index (χ1) is 10.7. The number of hydrogen-bond acceptors (Lipinski definition) is 5. The van der Waals surface area contributed by atoms with Crippen molar-refractivity contribution in [2.24, 2.45) is 11.1 Å². The van der Waals surface area contributed by atoms with Crippen LogP contribution in [0.4, 0.5) is 0 Å². The molecule has 0 spiro atoms. The van der Waals surface area contributed by atoms with Crippen molar-refractivity contribution in [1.29, 1.82) is 0 Å². The number of aliphatic hydroxyl groups is 1. The van der Waals surface area contributed by atoms with E-state index in [0.29, 0.717) is 37.2 Å². The van der Waals surface area contributed by atoms with Crippen LogP contribution in [0.1, 0.15) is 46.0 Å². The van der Waals surface area contributed by atoms with Crippen molar-refractivity contribution in [3.63, 3.8) is 0 Å². The van der Waals surface area contributed by atoms with Gasteiger partial charge in [0.1, 0.15) is 12.4 Å². The summed E-state index contributed by atoms with van der Waals surface area (Å²) in [4.78, 5) is 17.7. The highest BCUT2D eigenvalue weighted by molar-refractivity contribution is 7.99. The lowest BCUT2D eigenvalue weighted by molar-refractivity contribution is -0.116. The van der Waals surface area contributed by atoms with Gasteiger partial charge in [-0.1, -0.05) is 30.1 Å². The number of nitrogens with zero attached hydrogens (tertiary/aromatic N) is 1. The van der Waals surface area contributed by atoms with Crippen molar-refractivity contribution in [3.8, 4) is 0 Å². The van der Waals surface area contributed by atoms with Gasteiger partial charge in [0.15, 0.2) is 5.78 Å². The summed E-state index contributed by atoms with van der Waals surface area (Å²) in [5.41, 5.74) is 2.31. The van der Waals surface area contributed by atoms with Gasteiger partial charge in [0.2, 0.25) is 0 Å². The zero-order chi connectivity index (χ0) is 15.9. The lowest BCUT2D eigenvalue weighted by atomic mass is 9.80. The van der Waals surface area contributed by atoms with Crippen LogP contribution in [0.25, 0.3) is 0 Å².